The summed E-state index contributed by atoms with van der Waals surface area (Å²) < 4.78 is 10.8. The highest BCUT2D eigenvalue weighted by molar-refractivity contribution is 5.79. The molecule has 1 aliphatic rings. The molecule has 0 aromatic carbocycles. The molecule has 0 aliphatic carbocycles. The number of hydrogen-bond donors (Lipinski definition) is 2. The largest absolute Gasteiger partial charge is 0.468 e. The number of nitrogens with zero attached hydrogens (tertiary/aromatic N) is 3. The first-order chi connectivity index (χ1) is 12.7. The molecular weight excluding hydrogens is 330 g/mol. The van der Waals surface area contributed by atoms with Crippen LogP contribution >= 0.6 is 0 Å². The summed E-state index contributed by atoms with van der Waals surface area (Å²) >= 11 is 0. The summed E-state index contributed by atoms with van der Waals surface area (Å²) in [5.74, 6) is 1.87. The Morgan fingerprint density at radius 1 is 1.35 bits per heavy atom. The van der Waals surface area contributed by atoms with E-state index in [-0.39, 0.29) is 6.04 Å². The lowest BCUT2D eigenvalue weighted by Crippen LogP contribution is -2.42. The number of rotatable bonds is 11. The number of guanidine groups is 1. The van der Waals surface area contributed by atoms with E-state index in [4.69, 9.17) is 14.1 Å². The molecule has 0 bridgehead atoms. The third-order valence-electron chi connectivity index (χ3n) is 4.68. The molecular formula is C19H35N5O2. The van der Waals surface area contributed by atoms with Gasteiger partial charge < -0.3 is 24.7 Å². The van der Waals surface area contributed by atoms with Gasteiger partial charge in [0.05, 0.1) is 25.5 Å². The van der Waals surface area contributed by atoms with Crippen LogP contribution in [0, 0.1) is 0 Å². The Morgan fingerprint density at radius 2 is 2.15 bits per heavy atom. The predicted molar refractivity (Wildman–Crippen MR) is 106 cm³/mol. The van der Waals surface area contributed by atoms with Gasteiger partial charge in [0.2, 0.25) is 0 Å². The van der Waals surface area contributed by atoms with Gasteiger partial charge in [0.25, 0.3) is 0 Å². The van der Waals surface area contributed by atoms with Crippen molar-refractivity contribution in [3.63, 3.8) is 0 Å². The van der Waals surface area contributed by atoms with E-state index in [1.807, 2.05) is 6.07 Å². The molecule has 2 heterocycles. The van der Waals surface area contributed by atoms with Gasteiger partial charge >= 0.3 is 0 Å². The van der Waals surface area contributed by atoms with E-state index >= 15 is 0 Å². The minimum atomic E-state index is 0.215. The van der Waals surface area contributed by atoms with Crippen LogP contribution in [-0.2, 0) is 4.74 Å². The molecule has 1 aromatic heterocycles. The van der Waals surface area contributed by atoms with Crippen molar-refractivity contribution in [1.82, 2.24) is 20.4 Å². The number of ether oxygens (including phenoxy) is 1. The van der Waals surface area contributed by atoms with Gasteiger partial charge in [0.1, 0.15) is 5.76 Å². The van der Waals surface area contributed by atoms with Gasteiger partial charge in [0, 0.05) is 33.3 Å². The fourth-order valence-electron chi connectivity index (χ4n) is 3.16. The standard InChI is InChI=1S/C19H35N5O2/c1-4-20-19(21-9-12-23(2)13-15-25-3)22-16-17(18-8-7-14-26-18)24-10-5-6-11-24/h7-8,14,17H,4-6,9-13,15-16H2,1-3H3,(H2,20,21,22). The minimum absolute atomic E-state index is 0.215. The quantitative estimate of drug-likeness (QED) is 0.458. The SMILES string of the molecule is CCNC(=NCC(c1ccco1)N1CCCC1)NCCN(C)CCOC. The zero-order valence-electron chi connectivity index (χ0n) is 16.5. The van der Waals surface area contributed by atoms with E-state index in [0.717, 1.165) is 57.6 Å². The van der Waals surface area contributed by atoms with Crippen LogP contribution in [0.4, 0.5) is 0 Å². The number of methoxy groups -OCH3 is 1. The average Bonchev–Trinajstić information content (AvgIpc) is 3.34. The van der Waals surface area contributed by atoms with Gasteiger partial charge in [-0.15, -0.1) is 0 Å². The van der Waals surface area contributed by atoms with Gasteiger partial charge in [-0.3, -0.25) is 9.89 Å². The molecule has 0 spiro atoms. The van der Waals surface area contributed by atoms with Crippen LogP contribution in [0.25, 0.3) is 0 Å². The highest BCUT2D eigenvalue weighted by Crippen LogP contribution is 2.25. The molecule has 1 atom stereocenters. The number of nitrogens with one attached hydrogen (secondary N) is 2. The summed E-state index contributed by atoms with van der Waals surface area (Å²) in [4.78, 5) is 9.55. The van der Waals surface area contributed by atoms with Gasteiger partial charge in [0.15, 0.2) is 5.96 Å². The maximum Gasteiger partial charge on any atom is 0.191 e. The fraction of sp³-hybridized carbons (Fsp3) is 0.737. The first-order valence-corrected chi connectivity index (χ1v) is 9.71. The molecule has 0 amide bonds. The monoisotopic (exact) mass is 365 g/mol. The van der Waals surface area contributed by atoms with E-state index in [2.05, 4.69) is 40.5 Å². The van der Waals surface area contributed by atoms with Crippen molar-refractivity contribution in [2.24, 2.45) is 4.99 Å². The second kappa shape index (κ2) is 11.9. The van der Waals surface area contributed by atoms with Crippen molar-refractivity contribution in [3.8, 4) is 0 Å². The van der Waals surface area contributed by atoms with Crippen LogP contribution in [0.5, 0.6) is 0 Å². The maximum absolute atomic E-state index is 5.68. The molecule has 2 rings (SSSR count). The van der Waals surface area contributed by atoms with Crippen LogP contribution in [-0.4, -0.2) is 82.3 Å². The second-order valence-corrected chi connectivity index (χ2v) is 6.72. The van der Waals surface area contributed by atoms with E-state index in [0.29, 0.717) is 6.54 Å². The van der Waals surface area contributed by atoms with Crippen LogP contribution in [0.15, 0.2) is 27.8 Å². The molecule has 1 fully saturated rings. The number of likely N-dealkylation sites (N-methyl/N-ethyl adjacent to an activating group) is 1. The molecule has 1 aromatic rings. The smallest absolute Gasteiger partial charge is 0.191 e. The molecule has 7 nitrogen and oxygen atoms in total. The Bertz CT molecular complexity index is 500. The first-order valence-electron chi connectivity index (χ1n) is 9.71. The highest BCUT2D eigenvalue weighted by atomic mass is 16.5. The summed E-state index contributed by atoms with van der Waals surface area (Å²) in [6, 6.07) is 4.23. The third-order valence-corrected chi connectivity index (χ3v) is 4.68. The van der Waals surface area contributed by atoms with Crippen molar-refractivity contribution in [1.29, 1.82) is 0 Å². The van der Waals surface area contributed by atoms with E-state index in [9.17, 15) is 0 Å². The van der Waals surface area contributed by atoms with Crippen molar-refractivity contribution in [2.45, 2.75) is 25.8 Å². The minimum Gasteiger partial charge on any atom is -0.468 e. The second-order valence-electron chi connectivity index (χ2n) is 6.72. The lowest BCUT2D eigenvalue weighted by Gasteiger charge is -2.25. The number of hydrogen-bond acceptors (Lipinski definition) is 5. The number of likely N-dealkylation sites (tertiary alicyclic amines) is 1. The van der Waals surface area contributed by atoms with Crippen molar-refractivity contribution in [3.05, 3.63) is 24.2 Å². The van der Waals surface area contributed by atoms with Crippen molar-refractivity contribution >= 4 is 5.96 Å². The normalized spacial score (nSPS) is 17.0. The molecule has 1 saturated heterocycles. The van der Waals surface area contributed by atoms with Crippen molar-refractivity contribution < 1.29 is 9.15 Å². The number of furan rings is 1. The topological polar surface area (TPSA) is 65.3 Å². The summed E-state index contributed by atoms with van der Waals surface area (Å²) in [6.45, 7) is 9.36. The van der Waals surface area contributed by atoms with Crippen LogP contribution in [0.1, 0.15) is 31.6 Å². The summed E-state index contributed by atoms with van der Waals surface area (Å²) in [7, 11) is 3.84. The van der Waals surface area contributed by atoms with E-state index in [1.54, 1.807) is 13.4 Å². The molecule has 0 saturated carbocycles. The van der Waals surface area contributed by atoms with Crippen LogP contribution < -0.4 is 10.6 Å². The third kappa shape index (κ3) is 6.97. The summed E-state index contributed by atoms with van der Waals surface area (Å²) in [6.07, 6.45) is 4.27. The first kappa shape index (κ1) is 20.7. The molecule has 2 N–H and O–H groups in total. The predicted octanol–water partition coefficient (Wildman–Crippen LogP) is 1.55. The summed E-state index contributed by atoms with van der Waals surface area (Å²) in [5, 5.41) is 6.76. The molecule has 148 valence electrons. The Morgan fingerprint density at radius 3 is 2.81 bits per heavy atom. The zero-order valence-corrected chi connectivity index (χ0v) is 16.5. The molecule has 7 heteroatoms. The lowest BCUT2D eigenvalue weighted by molar-refractivity contribution is 0.162. The van der Waals surface area contributed by atoms with Gasteiger partial charge in [-0.25, -0.2) is 0 Å². The van der Waals surface area contributed by atoms with Gasteiger partial charge in [-0.2, -0.15) is 0 Å². The fourth-order valence-corrected chi connectivity index (χ4v) is 3.16. The number of aliphatic imine (C=N–C) groups is 1. The van der Waals surface area contributed by atoms with Crippen molar-refractivity contribution in [2.75, 3.05) is 66.6 Å². The Labute approximate surface area is 157 Å². The maximum atomic E-state index is 5.68. The molecule has 1 unspecified atom stereocenters. The Kier molecular flexibility index (Phi) is 9.52. The van der Waals surface area contributed by atoms with E-state index in [1.165, 1.54) is 12.8 Å². The zero-order chi connectivity index (χ0) is 18.6. The van der Waals surface area contributed by atoms with Crippen LogP contribution in [0.3, 0.4) is 0 Å². The molecule has 0 radical (unpaired) electrons. The van der Waals surface area contributed by atoms with Crippen LogP contribution in [0.2, 0.25) is 0 Å². The lowest BCUT2D eigenvalue weighted by atomic mass is 10.2. The highest BCUT2D eigenvalue weighted by Gasteiger charge is 2.25. The Hall–Kier alpha value is -1.57. The molecule has 1 aliphatic heterocycles. The van der Waals surface area contributed by atoms with E-state index < -0.39 is 0 Å². The van der Waals surface area contributed by atoms with Gasteiger partial charge in [-0.1, -0.05) is 0 Å². The molecule has 26 heavy (non-hydrogen) atoms. The average molecular weight is 366 g/mol. The summed E-state index contributed by atoms with van der Waals surface area (Å²) in [5.41, 5.74) is 0. The van der Waals surface area contributed by atoms with Gasteiger partial charge in [-0.05, 0) is 52.0 Å². The Balaban J connectivity index is 1.88.